The van der Waals surface area contributed by atoms with Crippen molar-refractivity contribution in [2.75, 3.05) is 5.32 Å². The minimum atomic E-state index is -1.32. The lowest BCUT2D eigenvalue weighted by molar-refractivity contribution is -0.384. The number of hydrogen-bond acceptors (Lipinski definition) is 6. The molecule has 1 atom stereocenters. The Balaban J connectivity index is 1.61. The second-order valence-electron chi connectivity index (χ2n) is 7.00. The van der Waals surface area contributed by atoms with E-state index in [9.17, 15) is 19.7 Å². The van der Waals surface area contributed by atoms with Crippen molar-refractivity contribution >= 4 is 45.8 Å². The van der Waals surface area contributed by atoms with Gasteiger partial charge in [-0.15, -0.1) is 0 Å². The van der Waals surface area contributed by atoms with E-state index in [1.807, 2.05) is 12.1 Å². The standard InChI is InChI=1S/C24H16ClN3O5/c25-18-12-11-17(14-21(18)28(31)32)26-23(29)22(16-7-2-1-3-8-16)33-24(30)20-13-10-15-6-4-5-9-19(15)27-20/h1-14,22H,(H,26,29)/t22-/m0/s1. The van der Waals surface area contributed by atoms with Crippen LogP contribution in [0.5, 0.6) is 0 Å². The lowest BCUT2D eigenvalue weighted by Gasteiger charge is -2.18. The van der Waals surface area contributed by atoms with Crippen molar-refractivity contribution in [1.29, 1.82) is 0 Å². The summed E-state index contributed by atoms with van der Waals surface area (Å²) in [6, 6.07) is 22.8. The van der Waals surface area contributed by atoms with Gasteiger partial charge in [-0.2, -0.15) is 0 Å². The van der Waals surface area contributed by atoms with E-state index >= 15 is 0 Å². The molecule has 0 saturated heterocycles. The first-order valence-electron chi connectivity index (χ1n) is 9.79. The highest BCUT2D eigenvalue weighted by Crippen LogP contribution is 2.29. The van der Waals surface area contributed by atoms with E-state index < -0.39 is 22.9 Å². The van der Waals surface area contributed by atoms with E-state index in [2.05, 4.69) is 10.3 Å². The molecule has 0 aliphatic rings. The largest absolute Gasteiger partial charge is 0.443 e. The van der Waals surface area contributed by atoms with Crippen molar-refractivity contribution in [2.45, 2.75) is 6.10 Å². The predicted molar refractivity (Wildman–Crippen MR) is 123 cm³/mol. The molecule has 0 saturated carbocycles. The average molecular weight is 462 g/mol. The van der Waals surface area contributed by atoms with E-state index in [1.54, 1.807) is 48.5 Å². The molecule has 3 aromatic carbocycles. The van der Waals surface area contributed by atoms with E-state index in [4.69, 9.17) is 16.3 Å². The number of rotatable bonds is 6. The third-order valence-electron chi connectivity index (χ3n) is 4.78. The molecule has 8 nitrogen and oxygen atoms in total. The van der Waals surface area contributed by atoms with Gasteiger partial charge in [0.1, 0.15) is 10.7 Å². The van der Waals surface area contributed by atoms with Gasteiger partial charge in [0.2, 0.25) is 6.10 Å². The van der Waals surface area contributed by atoms with Crippen molar-refractivity contribution in [1.82, 2.24) is 4.98 Å². The maximum absolute atomic E-state index is 13.0. The van der Waals surface area contributed by atoms with Crippen LogP contribution >= 0.6 is 11.6 Å². The zero-order chi connectivity index (χ0) is 23.4. The summed E-state index contributed by atoms with van der Waals surface area (Å²) in [5.74, 6) is -1.47. The maximum atomic E-state index is 13.0. The van der Waals surface area contributed by atoms with Crippen molar-refractivity contribution < 1.29 is 19.2 Å². The normalized spacial score (nSPS) is 11.5. The maximum Gasteiger partial charge on any atom is 0.358 e. The highest BCUT2D eigenvalue weighted by atomic mass is 35.5. The number of anilines is 1. The number of pyridine rings is 1. The molecule has 1 N–H and O–H groups in total. The van der Waals surface area contributed by atoms with Crippen LogP contribution < -0.4 is 5.32 Å². The Morgan fingerprint density at radius 3 is 2.45 bits per heavy atom. The Kier molecular flexibility index (Phi) is 6.28. The number of nitro groups is 1. The van der Waals surface area contributed by atoms with Gasteiger partial charge in [0.05, 0.1) is 10.4 Å². The molecule has 0 fully saturated rings. The van der Waals surface area contributed by atoms with Crippen LogP contribution in [0.4, 0.5) is 11.4 Å². The van der Waals surface area contributed by atoms with Crippen LogP contribution in [0.2, 0.25) is 5.02 Å². The predicted octanol–water partition coefficient (Wildman–Crippen LogP) is 5.33. The zero-order valence-corrected chi connectivity index (χ0v) is 17.7. The number of halogens is 1. The van der Waals surface area contributed by atoms with Gasteiger partial charge in [-0.05, 0) is 24.3 Å². The summed E-state index contributed by atoms with van der Waals surface area (Å²) in [6.07, 6.45) is -1.32. The minimum absolute atomic E-state index is 0.0459. The lowest BCUT2D eigenvalue weighted by Crippen LogP contribution is -2.26. The molecule has 0 bridgehead atoms. The number of carbonyl (C=O) groups excluding carboxylic acids is 2. The molecule has 0 radical (unpaired) electrons. The zero-order valence-electron chi connectivity index (χ0n) is 17.0. The SMILES string of the molecule is O=C(O[C@H](C(=O)Nc1ccc(Cl)c([N+](=O)[O-])c1)c1ccccc1)c1ccc2ccccc2n1. The summed E-state index contributed by atoms with van der Waals surface area (Å²) in [7, 11) is 0. The van der Waals surface area contributed by atoms with E-state index in [1.165, 1.54) is 18.2 Å². The molecule has 1 heterocycles. The number of amides is 1. The van der Waals surface area contributed by atoms with Gasteiger partial charge in [0.25, 0.3) is 11.6 Å². The van der Waals surface area contributed by atoms with Crippen LogP contribution in [0.15, 0.2) is 84.9 Å². The van der Waals surface area contributed by atoms with Crippen molar-refractivity contribution in [3.05, 3.63) is 111 Å². The first kappa shape index (κ1) is 21.9. The molecule has 9 heteroatoms. The molecule has 0 aliphatic heterocycles. The first-order chi connectivity index (χ1) is 15.9. The Morgan fingerprint density at radius 1 is 0.970 bits per heavy atom. The van der Waals surface area contributed by atoms with Gasteiger partial charge >= 0.3 is 5.97 Å². The van der Waals surface area contributed by atoms with Crippen LogP contribution in [-0.4, -0.2) is 21.8 Å². The molecule has 164 valence electrons. The molecule has 4 aromatic rings. The second kappa shape index (κ2) is 9.46. The van der Waals surface area contributed by atoms with Gasteiger partial charge in [-0.25, -0.2) is 9.78 Å². The van der Waals surface area contributed by atoms with Gasteiger partial charge in [-0.3, -0.25) is 14.9 Å². The quantitative estimate of drug-likeness (QED) is 0.236. The number of esters is 1. The van der Waals surface area contributed by atoms with Gasteiger partial charge in [0, 0.05) is 22.7 Å². The van der Waals surface area contributed by atoms with E-state index in [0.29, 0.717) is 11.1 Å². The summed E-state index contributed by atoms with van der Waals surface area (Å²) < 4.78 is 5.53. The topological polar surface area (TPSA) is 111 Å². The minimum Gasteiger partial charge on any atom is -0.443 e. The number of ether oxygens (including phenoxy) is 1. The molecule has 0 unspecified atom stereocenters. The average Bonchev–Trinajstić information content (AvgIpc) is 2.83. The summed E-state index contributed by atoms with van der Waals surface area (Å²) in [5, 5.41) is 14.5. The molecular weight excluding hydrogens is 446 g/mol. The van der Waals surface area contributed by atoms with Gasteiger partial charge in [-0.1, -0.05) is 66.2 Å². The Bertz CT molecular complexity index is 1360. The van der Waals surface area contributed by atoms with Crippen molar-refractivity contribution in [3.8, 4) is 0 Å². The summed E-state index contributed by atoms with van der Waals surface area (Å²) in [6.45, 7) is 0. The Hall–Kier alpha value is -4.30. The molecule has 1 aromatic heterocycles. The van der Waals surface area contributed by atoms with Crippen LogP contribution in [0, 0.1) is 10.1 Å². The van der Waals surface area contributed by atoms with E-state index in [0.717, 1.165) is 11.5 Å². The molecule has 0 aliphatic carbocycles. The van der Waals surface area contributed by atoms with Crippen LogP contribution in [0.25, 0.3) is 10.9 Å². The fraction of sp³-hybridized carbons (Fsp3) is 0.0417. The van der Waals surface area contributed by atoms with Gasteiger partial charge in [0.15, 0.2) is 0 Å². The fourth-order valence-electron chi connectivity index (χ4n) is 3.19. The number of nitrogens with zero attached hydrogens (tertiary/aromatic N) is 2. The number of nitrogens with one attached hydrogen (secondary N) is 1. The summed E-state index contributed by atoms with van der Waals surface area (Å²) in [5.41, 5.74) is 0.860. The molecule has 33 heavy (non-hydrogen) atoms. The molecule has 4 rings (SSSR count). The number of para-hydroxylation sites is 1. The second-order valence-corrected chi connectivity index (χ2v) is 7.40. The number of nitro benzene ring substituents is 1. The summed E-state index contributed by atoms with van der Waals surface area (Å²) >= 11 is 5.83. The third-order valence-corrected chi connectivity index (χ3v) is 5.10. The molecule has 0 spiro atoms. The monoisotopic (exact) mass is 461 g/mol. The lowest BCUT2D eigenvalue weighted by atomic mass is 10.1. The number of carbonyl (C=O) groups is 2. The van der Waals surface area contributed by atoms with E-state index in [-0.39, 0.29) is 22.1 Å². The van der Waals surface area contributed by atoms with Crippen molar-refractivity contribution in [2.24, 2.45) is 0 Å². The first-order valence-corrected chi connectivity index (χ1v) is 10.2. The number of fused-ring (bicyclic) bond motifs is 1. The third kappa shape index (κ3) is 4.97. The smallest absolute Gasteiger partial charge is 0.358 e. The summed E-state index contributed by atoms with van der Waals surface area (Å²) in [4.78, 5) is 40.7. The van der Waals surface area contributed by atoms with Crippen LogP contribution in [0.3, 0.4) is 0 Å². The Labute approximate surface area is 192 Å². The fourth-order valence-corrected chi connectivity index (χ4v) is 3.37. The highest BCUT2D eigenvalue weighted by molar-refractivity contribution is 6.32. The Morgan fingerprint density at radius 2 is 1.70 bits per heavy atom. The van der Waals surface area contributed by atoms with Gasteiger partial charge < -0.3 is 10.1 Å². The van der Waals surface area contributed by atoms with Crippen LogP contribution in [-0.2, 0) is 9.53 Å². The molecule has 1 amide bonds. The number of benzene rings is 3. The molecular formula is C24H16ClN3O5. The number of hydrogen-bond donors (Lipinski definition) is 1. The van der Waals surface area contributed by atoms with Crippen molar-refractivity contribution in [3.63, 3.8) is 0 Å². The number of aromatic nitrogens is 1. The van der Waals surface area contributed by atoms with Crippen LogP contribution in [0.1, 0.15) is 22.2 Å². The highest BCUT2D eigenvalue weighted by Gasteiger charge is 2.27.